The Bertz CT molecular complexity index is 861. The van der Waals surface area contributed by atoms with Crippen molar-refractivity contribution in [3.05, 3.63) is 106 Å². The lowest BCUT2D eigenvalue weighted by Crippen LogP contribution is -2.31. The van der Waals surface area contributed by atoms with Gasteiger partial charge in [-0.2, -0.15) is 0 Å². The molecule has 3 aromatic carbocycles. The largest absolute Gasteiger partial charge is 0.345 e. The number of carbonyl (C=O) groups is 1. The Hall–Kier alpha value is -2.58. The summed E-state index contributed by atoms with van der Waals surface area (Å²) in [6.07, 6.45) is 0.259. The first kappa shape index (κ1) is 17.2. The van der Waals surface area contributed by atoms with Crippen molar-refractivity contribution < 1.29 is 4.79 Å². The Balaban J connectivity index is 1.87. The van der Waals surface area contributed by atoms with E-state index in [0.29, 0.717) is 5.02 Å². The van der Waals surface area contributed by atoms with Crippen LogP contribution in [0.2, 0.25) is 5.02 Å². The quantitative estimate of drug-likeness (QED) is 0.682. The van der Waals surface area contributed by atoms with Crippen LogP contribution in [0.1, 0.15) is 28.3 Å². The van der Waals surface area contributed by atoms with Gasteiger partial charge in [-0.1, -0.05) is 84.4 Å². The Kier molecular flexibility index (Phi) is 5.52. The monoisotopic (exact) mass is 349 g/mol. The second-order valence-corrected chi connectivity index (χ2v) is 6.44. The third-order valence-electron chi connectivity index (χ3n) is 4.25. The molecule has 2 nitrogen and oxygen atoms in total. The number of hydrogen-bond acceptors (Lipinski definition) is 1. The highest BCUT2D eigenvalue weighted by molar-refractivity contribution is 6.31. The molecule has 0 heterocycles. The molecule has 0 bridgehead atoms. The Morgan fingerprint density at radius 2 is 1.56 bits per heavy atom. The average Bonchev–Trinajstić information content (AvgIpc) is 2.63. The van der Waals surface area contributed by atoms with Gasteiger partial charge in [0.2, 0.25) is 5.91 Å². The van der Waals surface area contributed by atoms with Gasteiger partial charge in [-0.25, -0.2) is 0 Å². The summed E-state index contributed by atoms with van der Waals surface area (Å²) in [5.41, 5.74) is 4.14. The van der Waals surface area contributed by atoms with Crippen LogP contribution in [-0.2, 0) is 11.2 Å². The van der Waals surface area contributed by atoms with Crippen LogP contribution in [0.15, 0.2) is 78.9 Å². The lowest BCUT2D eigenvalue weighted by molar-refractivity contribution is -0.120. The van der Waals surface area contributed by atoms with Crippen LogP contribution in [0.5, 0.6) is 0 Å². The lowest BCUT2D eigenvalue weighted by atomic mass is 9.94. The zero-order chi connectivity index (χ0) is 17.6. The molecule has 1 N–H and O–H groups in total. The summed E-state index contributed by atoms with van der Waals surface area (Å²) < 4.78 is 0. The molecule has 3 aromatic rings. The highest BCUT2D eigenvalue weighted by Crippen LogP contribution is 2.25. The number of hydrogen-bond donors (Lipinski definition) is 1. The fourth-order valence-electron chi connectivity index (χ4n) is 2.92. The van der Waals surface area contributed by atoms with Gasteiger partial charge in [0.15, 0.2) is 0 Å². The Morgan fingerprint density at radius 3 is 2.28 bits per heavy atom. The highest BCUT2D eigenvalue weighted by atomic mass is 35.5. The molecule has 25 heavy (non-hydrogen) atoms. The van der Waals surface area contributed by atoms with Crippen molar-refractivity contribution in [2.24, 2.45) is 0 Å². The first-order valence-corrected chi connectivity index (χ1v) is 8.66. The van der Waals surface area contributed by atoms with E-state index in [1.807, 2.05) is 60.7 Å². The summed E-state index contributed by atoms with van der Waals surface area (Å²) in [7, 11) is 0. The molecule has 3 heteroatoms. The van der Waals surface area contributed by atoms with Crippen LogP contribution in [0.3, 0.4) is 0 Å². The summed E-state index contributed by atoms with van der Waals surface area (Å²) >= 11 is 6.18. The minimum atomic E-state index is -0.183. The minimum Gasteiger partial charge on any atom is -0.345 e. The number of carbonyl (C=O) groups excluding carboxylic acids is 1. The van der Waals surface area contributed by atoms with Crippen molar-refractivity contribution in [3.63, 3.8) is 0 Å². The van der Waals surface area contributed by atoms with E-state index >= 15 is 0 Å². The van der Waals surface area contributed by atoms with Crippen LogP contribution < -0.4 is 5.32 Å². The summed E-state index contributed by atoms with van der Waals surface area (Å²) in [6.45, 7) is 2.06. The van der Waals surface area contributed by atoms with E-state index in [4.69, 9.17) is 11.6 Å². The fraction of sp³-hybridized carbons (Fsp3) is 0.136. The number of amides is 1. The highest BCUT2D eigenvalue weighted by Gasteiger charge is 2.18. The predicted octanol–water partition coefficient (Wildman–Crippen LogP) is 5.10. The maximum absolute atomic E-state index is 12.7. The minimum absolute atomic E-state index is 0.0507. The van der Waals surface area contributed by atoms with Crippen molar-refractivity contribution >= 4 is 17.5 Å². The van der Waals surface area contributed by atoms with Crippen molar-refractivity contribution in [1.82, 2.24) is 5.32 Å². The fourth-order valence-corrected chi connectivity index (χ4v) is 3.13. The van der Waals surface area contributed by atoms with E-state index in [0.717, 1.165) is 22.3 Å². The van der Waals surface area contributed by atoms with Crippen LogP contribution in [0, 0.1) is 6.92 Å². The topological polar surface area (TPSA) is 29.1 Å². The average molecular weight is 350 g/mol. The van der Waals surface area contributed by atoms with E-state index < -0.39 is 0 Å². The molecule has 1 amide bonds. The molecule has 3 rings (SSSR count). The second-order valence-electron chi connectivity index (χ2n) is 6.04. The molecule has 0 aliphatic heterocycles. The smallest absolute Gasteiger partial charge is 0.225 e. The summed E-state index contributed by atoms with van der Waals surface area (Å²) in [5, 5.41) is 3.78. The molecule has 0 saturated carbocycles. The lowest BCUT2D eigenvalue weighted by Gasteiger charge is -2.22. The van der Waals surface area contributed by atoms with Gasteiger partial charge < -0.3 is 5.32 Å². The summed E-state index contributed by atoms with van der Waals surface area (Å²) in [5.74, 6) is -0.0507. The molecular weight excluding hydrogens is 330 g/mol. The van der Waals surface area contributed by atoms with Gasteiger partial charge in [-0.3, -0.25) is 4.79 Å². The summed E-state index contributed by atoms with van der Waals surface area (Å²) in [4.78, 5) is 12.7. The third-order valence-corrected chi connectivity index (χ3v) is 4.62. The van der Waals surface area contributed by atoms with Gasteiger partial charge in [0.1, 0.15) is 0 Å². The number of halogens is 1. The van der Waals surface area contributed by atoms with Crippen LogP contribution >= 0.6 is 11.6 Å². The zero-order valence-corrected chi connectivity index (χ0v) is 14.8. The van der Waals surface area contributed by atoms with Gasteiger partial charge in [0, 0.05) is 5.02 Å². The molecule has 1 atom stereocenters. The first-order valence-electron chi connectivity index (χ1n) is 8.28. The molecule has 0 saturated heterocycles. The van der Waals surface area contributed by atoms with Crippen molar-refractivity contribution in [3.8, 4) is 0 Å². The molecule has 0 aliphatic rings. The van der Waals surface area contributed by atoms with Gasteiger partial charge in [-0.05, 0) is 35.2 Å². The molecule has 0 aromatic heterocycles. The second kappa shape index (κ2) is 8.00. The van der Waals surface area contributed by atoms with E-state index in [2.05, 4.69) is 24.4 Å². The molecule has 0 radical (unpaired) electrons. The molecule has 0 fully saturated rings. The number of benzene rings is 3. The van der Waals surface area contributed by atoms with E-state index in [9.17, 15) is 4.79 Å². The number of aryl methyl sites for hydroxylation is 1. The van der Waals surface area contributed by atoms with E-state index in [1.54, 1.807) is 6.07 Å². The van der Waals surface area contributed by atoms with Crippen LogP contribution in [0.4, 0.5) is 0 Å². The maximum Gasteiger partial charge on any atom is 0.225 e. The zero-order valence-electron chi connectivity index (χ0n) is 14.1. The van der Waals surface area contributed by atoms with Gasteiger partial charge >= 0.3 is 0 Å². The van der Waals surface area contributed by atoms with Crippen LogP contribution in [-0.4, -0.2) is 5.91 Å². The van der Waals surface area contributed by atoms with E-state index in [-0.39, 0.29) is 18.4 Å². The van der Waals surface area contributed by atoms with Gasteiger partial charge in [0.05, 0.1) is 12.5 Å². The van der Waals surface area contributed by atoms with Gasteiger partial charge in [0.25, 0.3) is 0 Å². The van der Waals surface area contributed by atoms with Gasteiger partial charge in [-0.15, -0.1) is 0 Å². The number of rotatable bonds is 5. The SMILES string of the molecule is Cc1ccccc1[C@@H](NC(=O)Cc1ccccc1Cl)c1ccccc1. The molecule has 0 aliphatic carbocycles. The number of nitrogens with one attached hydrogen (secondary N) is 1. The molecular formula is C22H20ClNO. The molecule has 0 unspecified atom stereocenters. The third kappa shape index (κ3) is 4.28. The normalized spacial score (nSPS) is 11.8. The predicted molar refractivity (Wildman–Crippen MR) is 103 cm³/mol. The Morgan fingerprint density at radius 1 is 0.920 bits per heavy atom. The van der Waals surface area contributed by atoms with Crippen molar-refractivity contribution in [2.45, 2.75) is 19.4 Å². The maximum atomic E-state index is 12.7. The van der Waals surface area contributed by atoms with Crippen molar-refractivity contribution in [1.29, 1.82) is 0 Å². The summed E-state index contributed by atoms with van der Waals surface area (Å²) in [6, 6.07) is 25.4. The molecule has 126 valence electrons. The van der Waals surface area contributed by atoms with Crippen LogP contribution in [0.25, 0.3) is 0 Å². The van der Waals surface area contributed by atoms with E-state index in [1.165, 1.54) is 0 Å². The first-order chi connectivity index (χ1) is 12.1. The standard InChI is InChI=1S/C22H20ClNO/c1-16-9-5-7-13-19(16)22(17-10-3-2-4-11-17)24-21(25)15-18-12-6-8-14-20(18)23/h2-14,22H,15H2,1H3,(H,24,25)/t22-/m0/s1. The molecule has 0 spiro atoms. The van der Waals surface area contributed by atoms with Crippen molar-refractivity contribution in [2.75, 3.05) is 0 Å². The Labute approximate surface area is 153 Å².